The van der Waals surface area contributed by atoms with E-state index in [1.807, 2.05) is 13.0 Å². The minimum absolute atomic E-state index is 0.0116. The number of carbonyl (C=O) groups excluding carboxylic acids is 2. The van der Waals surface area contributed by atoms with E-state index in [1.54, 1.807) is 19.1 Å². The van der Waals surface area contributed by atoms with E-state index in [2.05, 4.69) is 6.92 Å². The van der Waals surface area contributed by atoms with Gasteiger partial charge < -0.3 is 19.7 Å². The second-order valence-electron chi connectivity index (χ2n) is 10.1. The molecule has 3 saturated carbocycles. The Balaban J connectivity index is 1.59. The average Bonchev–Trinajstić information content (AvgIpc) is 3.12. The van der Waals surface area contributed by atoms with Crippen molar-refractivity contribution in [3.8, 4) is 0 Å². The molecule has 29 heavy (non-hydrogen) atoms. The van der Waals surface area contributed by atoms with Gasteiger partial charge in [-0.15, -0.1) is 0 Å². The standard InChI is InChI=1S/C23H30O6/c1-12-28-19-9-16-15-5-4-13-8-14(25)6-7-21(13,2)20(15)17(26)10-22(16,3)23(19,29-12)18(27)11-24/h6-8,12,15-17,19-20,24,26H,4-5,9-11H2,1-3H3/t12-,15?,16?,17+,19?,20?,21+,22+,23-/m1/s1. The van der Waals surface area contributed by atoms with Crippen molar-refractivity contribution in [2.24, 2.45) is 28.6 Å². The van der Waals surface area contributed by atoms with Crippen molar-refractivity contribution in [2.75, 3.05) is 6.61 Å². The second kappa shape index (κ2) is 6.10. The van der Waals surface area contributed by atoms with E-state index in [9.17, 15) is 19.8 Å². The molecule has 6 nitrogen and oxygen atoms in total. The van der Waals surface area contributed by atoms with Crippen molar-refractivity contribution < 1.29 is 29.3 Å². The maximum atomic E-state index is 13.0. The van der Waals surface area contributed by atoms with Crippen molar-refractivity contribution in [3.05, 3.63) is 23.8 Å². The highest BCUT2D eigenvalue weighted by molar-refractivity contribution is 6.01. The second-order valence-corrected chi connectivity index (χ2v) is 10.1. The molecule has 1 aliphatic heterocycles. The van der Waals surface area contributed by atoms with Crippen LogP contribution in [0.5, 0.6) is 0 Å². The highest BCUT2D eigenvalue weighted by Gasteiger charge is 2.75. The molecular weight excluding hydrogens is 372 g/mol. The Morgan fingerprint density at radius 2 is 2.10 bits per heavy atom. The molecular formula is C23H30O6. The topological polar surface area (TPSA) is 93.1 Å². The molecule has 4 unspecified atom stereocenters. The van der Waals surface area contributed by atoms with E-state index in [-0.39, 0.29) is 34.7 Å². The number of hydrogen-bond acceptors (Lipinski definition) is 6. The number of carbonyl (C=O) groups is 2. The number of hydrogen-bond donors (Lipinski definition) is 2. The lowest BCUT2D eigenvalue weighted by Gasteiger charge is -2.59. The number of Topliss-reactive ketones (excluding diaryl/α,β-unsaturated/α-hetero) is 1. The van der Waals surface area contributed by atoms with E-state index in [0.29, 0.717) is 12.8 Å². The van der Waals surface area contributed by atoms with Gasteiger partial charge >= 0.3 is 0 Å². The van der Waals surface area contributed by atoms with Crippen molar-refractivity contribution >= 4 is 11.6 Å². The van der Waals surface area contributed by atoms with Gasteiger partial charge in [-0.3, -0.25) is 9.59 Å². The quantitative estimate of drug-likeness (QED) is 0.733. The number of ketones is 2. The first-order chi connectivity index (χ1) is 13.7. The third kappa shape index (κ3) is 2.26. The summed E-state index contributed by atoms with van der Waals surface area (Å²) in [5, 5.41) is 21.2. The van der Waals surface area contributed by atoms with Gasteiger partial charge in [0.05, 0.1) is 12.2 Å². The molecule has 0 aromatic carbocycles. The van der Waals surface area contributed by atoms with Crippen LogP contribution in [0, 0.1) is 28.6 Å². The van der Waals surface area contributed by atoms with Gasteiger partial charge in [-0.1, -0.05) is 25.5 Å². The van der Waals surface area contributed by atoms with Gasteiger partial charge in [0, 0.05) is 16.7 Å². The SMILES string of the molecule is C[C@@H]1OC2CC3C4CCC5=CC(=O)C=C[C@]5(C)C4[C@@H](O)C[C@]3(C)[C@]2(C(=O)CO)O1. The lowest BCUT2D eigenvalue weighted by Crippen LogP contribution is -2.63. The van der Waals surface area contributed by atoms with Crippen LogP contribution in [0.25, 0.3) is 0 Å². The molecule has 158 valence electrons. The lowest BCUT2D eigenvalue weighted by molar-refractivity contribution is -0.197. The van der Waals surface area contributed by atoms with Crippen LogP contribution in [0.15, 0.2) is 23.8 Å². The fourth-order valence-electron chi connectivity index (χ4n) is 7.86. The van der Waals surface area contributed by atoms with Crippen LogP contribution < -0.4 is 0 Å². The van der Waals surface area contributed by atoms with Crippen LogP contribution in [0.1, 0.15) is 46.5 Å². The number of aliphatic hydroxyl groups excluding tert-OH is 2. The molecule has 6 heteroatoms. The van der Waals surface area contributed by atoms with Crippen LogP contribution in [0.4, 0.5) is 0 Å². The van der Waals surface area contributed by atoms with Crippen LogP contribution in [0.2, 0.25) is 0 Å². The molecule has 1 heterocycles. The first-order valence-electron chi connectivity index (χ1n) is 10.8. The van der Waals surface area contributed by atoms with Gasteiger partial charge in [0.25, 0.3) is 0 Å². The highest BCUT2D eigenvalue weighted by Crippen LogP contribution is 2.69. The monoisotopic (exact) mass is 402 g/mol. The summed E-state index contributed by atoms with van der Waals surface area (Å²) >= 11 is 0. The van der Waals surface area contributed by atoms with Crippen LogP contribution in [-0.2, 0) is 19.1 Å². The summed E-state index contributed by atoms with van der Waals surface area (Å²) in [6.45, 7) is 5.37. The maximum absolute atomic E-state index is 13.0. The summed E-state index contributed by atoms with van der Waals surface area (Å²) < 4.78 is 12.2. The Labute approximate surface area is 170 Å². The molecule has 0 spiro atoms. The minimum Gasteiger partial charge on any atom is -0.393 e. The first kappa shape index (κ1) is 19.6. The zero-order valence-electron chi connectivity index (χ0n) is 17.3. The number of ether oxygens (including phenoxy) is 2. The molecule has 0 aromatic heterocycles. The van der Waals surface area contributed by atoms with E-state index >= 15 is 0 Å². The Morgan fingerprint density at radius 1 is 1.34 bits per heavy atom. The number of fused-ring (bicyclic) bond motifs is 7. The van der Waals surface area contributed by atoms with Crippen LogP contribution in [0.3, 0.4) is 0 Å². The molecule has 0 bridgehead atoms. The summed E-state index contributed by atoms with van der Waals surface area (Å²) in [5.41, 5.74) is -1.05. The van der Waals surface area contributed by atoms with Gasteiger partial charge in [-0.2, -0.15) is 0 Å². The Morgan fingerprint density at radius 3 is 2.83 bits per heavy atom. The molecule has 2 N–H and O–H groups in total. The summed E-state index contributed by atoms with van der Waals surface area (Å²) in [6, 6.07) is 0. The van der Waals surface area contributed by atoms with E-state index < -0.39 is 36.1 Å². The van der Waals surface area contributed by atoms with Crippen molar-refractivity contribution in [2.45, 2.75) is 70.6 Å². The fourth-order valence-corrected chi connectivity index (χ4v) is 7.86. The van der Waals surface area contributed by atoms with Gasteiger partial charge in [0.15, 0.2) is 23.5 Å². The lowest BCUT2D eigenvalue weighted by atomic mass is 9.46. The molecule has 4 aliphatic carbocycles. The van der Waals surface area contributed by atoms with E-state index in [1.165, 1.54) is 0 Å². The van der Waals surface area contributed by atoms with E-state index in [0.717, 1.165) is 18.4 Å². The van der Waals surface area contributed by atoms with Gasteiger partial charge in [0.2, 0.25) is 0 Å². The largest absolute Gasteiger partial charge is 0.393 e. The molecule has 0 radical (unpaired) electrons. The van der Waals surface area contributed by atoms with Gasteiger partial charge in [0.1, 0.15) is 6.61 Å². The predicted molar refractivity (Wildman–Crippen MR) is 104 cm³/mol. The Bertz CT molecular complexity index is 831. The van der Waals surface area contributed by atoms with Crippen molar-refractivity contribution in [1.29, 1.82) is 0 Å². The molecule has 5 rings (SSSR count). The smallest absolute Gasteiger partial charge is 0.193 e. The van der Waals surface area contributed by atoms with Crippen molar-refractivity contribution in [1.82, 2.24) is 0 Å². The predicted octanol–water partition coefficient (Wildman–Crippen LogP) is 1.94. The average molecular weight is 402 g/mol. The van der Waals surface area contributed by atoms with Gasteiger partial charge in [-0.25, -0.2) is 0 Å². The normalized spacial score (nSPS) is 53.0. The third-order valence-electron chi connectivity index (χ3n) is 8.92. The van der Waals surface area contributed by atoms with Crippen LogP contribution in [-0.4, -0.2) is 52.5 Å². The van der Waals surface area contributed by atoms with Gasteiger partial charge in [-0.05, 0) is 56.6 Å². The molecule has 4 fully saturated rings. The summed E-state index contributed by atoms with van der Waals surface area (Å²) in [4.78, 5) is 25.0. The minimum atomic E-state index is -1.20. The highest BCUT2D eigenvalue weighted by atomic mass is 16.7. The summed E-state index contributed by atoms with van der Waals surface area (Å²) in [5.74, 6) is 0.00833. The number of rotatable bonds is 2. The number of aliphatic hydroxyl groups is 2. The van der Waals surface area contributed by atoms with E-state index in [4.69, 9.17) is 9.47 Å². The molecule has 5 aliphatic rings. The zero-order chi connectivity index (χ0) is 20.8. The fraction of sp³-hybridized carbons (Fsp3) is 0.739. The first-order valence-corrected chi connectivity index (χ1v) is 10.8. The third-order valence-corrected chi connectivity index (χ3v) is 8.92. The zero-order valence-corrected chi connectivity index (χ0v) is 17.3. The molecule has 9 atom stereocenters. The molecule has 1 saturated heterocycles. The summed E-state index contributed by atoms with van der Waals surface area (Å²) in [6.07, 6.45) is 6.61. The Hall–Kier alpha value is -1.34. The number of allylic oxidation sites excluding steroid dienone is 4. The summed E-state index contributed by atoms with van der Waals surface area (Å²) in [7, 11) is 0. The molecule has 0 amide bonds. The Kier molecular flexibility index (Phi) is 4.12. The molecule has 0 aromatic rings. The van der Waals surface area contributed by atoms with Crippen LogP contribution >= 0.6 is 0 Å². The maximum Gasteiger partial charge on any atom is 0.193 e. The van der Waals surface area contributed by atoms with Crippen molar-refractivity contribution in [3.63, 3.8) is 0 Å².